The molecule has 1 N–H and O–H groups in total. The Bertz CT molecular complexity index is 228. The van der Waals surface area contributed by atoms with Crippen molar-refractivity contribution < 1.29 is 14.3 Å². The quantitative estimate of drug-likeness (QED) is 0.595. The van der Waals surface area contributed by atoms with Gasteiger partial charge in [0.1, 0.15) is 13.3 Å². The molecule has 0 aromatic carbocycles. The zero-order valence-electron chi connectivity index (χ0n) is 7.50. The van der Waals surface area contributed by atoms with Gasteiger partial charge in [0.05, 0.1) is 24.7 Å². The van der Waals surface area contributed by atoms with Crippen molar-refractivity contribution in [3.8, 4) is 6.07 Å². The number of amides is 1. The summed E-state index contributed by atoms with van der Waals surface area (Å²) in [5, 5.41) is 10.8. The Hall–Kier alpha value is -1.12. The van der Waals surface area contributed by atoms with E-state index in [4.69, 9.17) is 14.7 Å². The van der Waals surface area contributed by atoms with Gasteiger partial charge in [0.25, 0.3) is 0 Å². The lowest BCUT2D eigenvalue weighted by atomic mass is 9.91. The van der Waals surface area contributed by atoms with E-state index in [0.717, 1.165) is 0 Å². The number of nitrogens with one attached hydrogen (secondary N) is 1. The van der Waals surface area contributed by atoms with E-state index in [1.54, 1.807) is 6.92 Å². The summed E-state index contributed by atoms with van der Waals surface area (Å²) in [5.74, 6) is -0.200. The van der Waals surface area contributed by atoms with Gasteiger partial charge in [0.2, 0.25) is 5.91 Å². The Balaban J connectivity index is 2.47. The molecular weight excluding hydrogens is 172 g/mol. The summed E-state index contributed by atoms with van der Waals surface area (Å²) in [5.41, 5.74) is -0.658. The van der Waals surface area contributed by atoms with E-state index < -0.39 is 5.41 Å². The van der Waals surface area contributed by atoms with Gasteiger partial charge < -0.3 is 14.8 Å². The van der Waals surface area contributed by atoms with Gasteiger partial charge in [-0.2, -0.15) is 5.26 Å². The fraction of sp³-hybridized carbons (Fsp3) is 0.750. The maximum Gasteiger partial charge on any atom is 0.231 e. The molecule has 1 aliphatic heterocycles. The third kappa shape index (κ3) is 2.41. The molecule has 0 bridgehead atoms. The molecule has 1 amide bonds. The second-order valence-corrected chi connectivity index (χ2v) is 3.22. The van der Waals surface area contributed by atoms with Crippen LogP contribution in [0.1, 0.15) is 6.92 Å². The lowest BCUT2D eigenvalue weighted by Crippen LogP contribution is -2.47. The summed E-state index contributed by atoms with van der Waals surface area (Å²) in [4.78, 5) is 11.5. The molecule has 1 aliphatic rings. The Kier molecular flexibility index (Phi) is 3.23. The SMILES string of the molecule is CC1(C(=O)NCC#N)COCOC1. The molecule has 0 unspecified atom stereocenters. The number of carbonyl (C=O) groups excluding carboxylic acids is 1. The van der Waals surface area contributed by atoms with Gasteiger partial charge >= 0.3 is 0 Å². The van der Waals surface area contributed by atoms with Crippen molar-refractivity contribution in [2.45, 2.75) is 6.92 Å². The van der Waals surface area contributed by atoms with Crippen molar-refractivity contribution in [3.05, 3.63) is 0 Å². The van der Waals surface area contributed by atoms with E-state index in [1.807, 2.05) is 6.07 Å². The first-order valence-electron chi connectivity index (χ1n) is 4.00. The minimum Gasteiger partial charge on any atom is -0.354 e. The summed E-state index contributed by atoms with van der Waals surface area (Å²) in [6.07, 6.45) is 0. The molecule has 0 radical (unpaired) electrons. The monoisotopic (exact) mass is 184 g/mol. The molecular formula is C8H12N2O3. The van der Waals surface area contributed by atoms with Crippen molar-refractivity contribution >= 4 is 5.91 Å². The maximum atomic E-state index is 11.5. The van der Waals surface area contributed by atoms with E-state index in [-0.39, 0.29) is 19.2 Å². The minimum absolute atomic E-state index is 0.0222. The van der Waals surface area contributed by atoms with Crippen molar-refractivity contribution in [3.63, 3.8) is 0 Å². The summed E-state index contributed by atoms with van der Waals surface area (Å²) >= 11 is 0. The van der Waals surface area contributed by atoms with Crippen molar-refractivity contribution in [1.29, 1.82) is 5.26 Å². The van der Waals surface area contributed by atoms with E-state index in [9.17, 15) is 4.79 Å². The van der Waals surface area contributed by atoms with Gasteiger partial charge in [-0.1, -0.05) is 0 Å². The van der Waals surface area contributed by atoms with E-state index >= 15 is 0 Å². The highest BCUT2D eigenvalue weighted by Crippen LogP contribution is 2.21. The fourth-order valence-corrected chi connectivity index (χ4v) is 1.10. The minimum atomic E-state index is -0.658. The van der Waals surface area contributed by atoms with Gasteiger partial charge in [0.15, 0.2) is 0 Å². The zero-order valence-corrected chi connectivity index (χ0v) is 7.50. The van der Waals surface area contributed by atoms with Crippen LogP contribution in [0.15, 0.2) is 0 Å². The normalized spacial score (nSPS) is 20.3. The third-order valence-electron chi connectivity index (χ3n) is 1.88. The summed E-state index contributed by atoms with van der Waals surface area (Å²) in [6, 6.07) is 1.84. The van der Waals surface area contributed by atoms with E-state index in [2.05, 4.69) is 5.32 Å². The van der Waals surface area contributed by atoms with Crippen molar-refractivity contribution in [2.75, 3.05) is 26.6 Å². The molecule has 1 heterocycles. The third-order valence-corrected chi connectivity index (χ3v) is 1.88. The van der Waals surface area contributed by atoms with Gasteiger partial charge in [-0.3, -0.25) is 4.79 Å². The van der Waals surface area contributed by atoms with Crippen LogP contribution in [0.4, 0.5) is 0 Å². The molecule has 5 heteroatoms. The van der Waals surface area contributed by atoms with Gasteiger partial charge in [-0.05, 0) is 6.92 Å². The second-order valence-electron chi connectivity index (χ2n) is 3.22. The molecule has 1 rings (SSSR count). The molecule has 0 spiro atoms. The zero-order chi connectivity index (χ0) is 9.73. The van der Waals surface area contributed by atoms with Crippen LogP contribution >= 0.6 is 0 Å². The number of rotatable bonds is 2. The largest absolute Gasteiger partial charge is 0.354 e. The van der Waals surface area contributed by atoms with Gasteiger partial charge in [-0.15, -0.1) is 0 Å². The van der Waals surface area contributed by atoms with E-state index in [0.29, 0.717) is 13.2 Å². The predicted molar refractivity (Wildman–Crippen MR) is 43.5 cm³/mol. The molecule has 1 fully saturated rings. The molecule has 0 saturated carbocycles. The standard InChI is InChI=1S/C8H12N2O3/c1-8(4-12-6-13-5-8)7(11)10-3-2-9/h3-6H2,1H3,(H,10,11). The van der Waals surface area contributed by atoms with Crippen LogP contribution in [0.3, 0.4) is 0 Å². The molecule has 0 atom stereocenters. The first-order chi connectivity index (χ1) is 6.19. The Morgan fingerprint density at radius 3 is 2.77 bits per heavy atom. The summed E-state index contributed by atoms with van der Waals surface area (Å²) < 4.78 is 10.0. The number of hydrogen-bond donors (Lipinski definition) is 1. The first-order valence-corrected chi connectivity index (χ1v) is 4.00. The number of nitriles is 1. The molecule has 1 saturated heterocycles. The van der Waals surface area contributed by atoms with Crippen LogP contribution in [-0.4, -0.2) is 32.5 Å². The molecule has 72 valence electrons. The molecule has 0 aromatic heterocycles. The highest BCUT2D eigenvalue weighted by Gasteiger charge is 2.36. The molecule has 0 aromatic rings. The average molecular weight is 184 g/mol. The van der Waals surface area contributed by atoms with Crippen LogP contribution < -0.4 is 5.32 Å². The number of ether oxygens (including phenoxy) is 2. The van der Waals surface area contributed by atoms with E-state index in [1.165, 1.54) is 0 Å². The van der Waals surface area contributed by atoms with Crippen LogP contribution in [0.5, 0.6) is 0 Å². The number of hydrogen-bond acceptors (Lipinski definition) is 4. The number of carbonyl (C=O) groups is 1. The topological polar surface area (TPSA) is 71.4 Å². The second kappa shape index (κ2) is 4.21. The molecule has 5 nitrogen and oxygen atoms in total. The molecule has 0 aliphatic carbocycles. The smallest absolute Gasteiger partial charge is 0.231 e. The van der Waals surface area contributed by atoms with Crippen LogP contribution in [0.2, 0.25) is 0 Å². The highest BCUT2D eigenvalue weighted by atomic mass is 16.7. The maximum absolute atomic E-state index is 11.5. The summed E-state index contributed by atoms with van der Waals surface area (Å²) in [6.45, 7) is 2.68. The Morgan fingerprint density at radius 1 is 1.62 bits per heavy atom. The Morgan fingerprint density at radius 2 is 2.23 bits per heavy atom. The number of nitrogens with zero attached hydrogens (tertiary/aromatic N) is 1. The highest BCUT2D eigenvalue weighted by molar-refractivity contribution is 5.82. The van der Waals surface area contributed by atoms with Crippen molar-refractivity contribution in [2.24, 2.45) is 5.41 Å². The fourth-order valence-electron chi connectivity index (χ4n) is 1.10. The van der Waals surface area contributed by atoms with Crippen LogP contribution in [-0.2, 0) is 14.3 Å². The molecule has 13 heavy (non-hydrogen) atoms. The van der Waals surface area contributed by atoms with Gasteiger partial charge in [-0.25, -0.2) is 0 Å². The lowest BCUT2D eigenvalue weighted by Gasteiger charge is -2.31. The first kappa shape index (κ1) is 9.96. The average Bonchev–Trinajstić information content (AvgIpc) is 2.15. The lowest BCUT2D eigenvalue weighted by molar-refractivity contribution is -0.173. The summed E-state index contributed by atoms with van der Waals surface area (Å²) in [7, 11) is 0. The van der Waals surface area contributed by atoms with Crippen LogP contribution in [0.25, 0.3) is 0 Å². The van der Waals surface area contributed by atoms with Crippen molar-refractivity contribution in [1.82, 2.24) is 5.32 Å². The predicted octanol–water partition coefficient (Wildman–Crippen LogP) is -0.363. The van der Waals surface area contributed by atoms with Gasteiger partial charge in [0, 0.05) is 0 Å². The Labute approximate surface area is 76.6 Å². The van der Waals surface area contributed by atoms with Crippen LogP contribution in [0, 0.1) is 16.7 Å².